The summed E-state index contributed by atoms with van der Waals surface area (Å²) in [7, 11) is 4.12. The maximum absolute atomic E-state index is 5.27. The van der Waals surface area contributed by atoms with Gasteiger partial charge in [-0.05, 0) is 49.9 Å². The maximum atomic E-state index is 5.27. The molecule has 17 heavy (non-hydrogen) atoms. The Labute approximate surface area is 110 Å². The van der Waals surface area contributed by atoms with Crippen molar-refractivity contribution in [2.75, 3.05) is 31.4 Å². The summed E-state index contributed by atoms with van der Waals surface area (Å²) in [5.41, 5.74) is 2.43. The number of hydrazine groups is 1. The first kappa shape index (κ1) is 14.1. The Morgan fingerprint density at radius 1 is 1.53 bits per heavy atom. The Kier molecular flexibility index (Phi) is 5.60. The van der Waals surface area contributed by atoms with Gasteiger partial charge < -0.3 is 10.2 Å². The Balaban J connectivity index is 2.60. The molecule has 0 aliphatic carbocycles. The average molecular weight is 303 g/mol. The zero-order chi connectivity index (χ0) is 12.8. The molecule has 1 heterocycles. The van der Waals surface area contributed by atoms with Gasteiger partial charge in [-0.3, -0.25) is 5.43 Å². The number of nitrogens with one attached hydrogen (secondary N) is 2. The van der Waals surface area contributed by atoms with Crippen LogP contribution in [0.2, 0.25) is 0 Å². The standard InChI is InChI=1S/C10H19BrN6/c1-7(4-5-17(2)3)14-9-8(11)6-13-10(15-9)16-12/h6-7H,4-5,12H2,1-3H3,(H2,13,14,15,16). The van der Waals surface area contributed by atoms with Crippen LogP contribution in [0.4, 0.5) is 11.8 Å². The topological polar surface area (TPSA) is 79.1 Å². The molecular weight excluding hydrogens is 284 g/mol. The molecule has 0 saturated carbocycles. The van der Waals surface area contributed by atoms with Gasteiger partial charge >= 0.3 is 0 Å². The van der Waals surface area contributed by atoms with Gasteiger partial charge in [-0.2, -0.15) is 4.98 Å². The van der Waals surface area contributed by atoms with Crippen molar-refractivity contribution >= 4 is 27.7 Å². The molecular formula is C10H19BrN6. The summed E-state index contributed by atoms with van der Waals surface area (Å²) in [5, 5.41) is 3.32. The fourth-order valence-electron chi connectivity index (χ4n) is 1.30. The van der Waals surface area contributed by atoms with E-state index in [-0.39, 0.29) is 0 Å². The van der Waals surface area contributed by atoms with E-state index >= 15 is 0 Å². The molecule has 0 fully saturated rings. The zero-order valence-corrected chi connectivity index (χ0v) is 12.0. The van der Waals surface area contributed by atoms with E-state index < -0.39 is 0 Å². The van der Waals surface area contributed by atoms with Crippen molar-refractivity contribution in [3.05, 3.63) is 10.7 Å². The summed E-state index contributed by atoms with van der Waals surface area (Å²) in [5.74, 6) is 6.42. The van der Waals surface area contributed by atoms with Crippen LogP contribution in [0.15, 0.2) is 10.7 Å². The van der Waals surface area contributed by atoms with Crippen LogP contribution >= 0.6 is 15.9 Å². The Bertz CT molecular complexity index is 357. The summed E-state index contributed by atoms with van der Waals surface area (Å²) in [6.45, 7) is 3.15. The van der Waals surface area contributed by atoms with Crippen LogP contribution in [0.3, 0.4) is 0 Å². The monoisotopic (exact) mass is 302 g/mol. The van der Waals surface area contributed by atoms with Crippen LogP contribution in [0.5, 0.6) is 0 Å². The molecule has 1 aromatic rings. The van der Waals surface area contributed by atoms with E-state index in [1.807, 2.05) is 0 Å². The molecule has 1 unspecified atom stereocenters. The highest BCUT2D eigenvalue weighted by atomic mass is 79.9. The second-order valence-electron chi connectivity index (χ2n) is 4.17. The van der Waals surface area contributed by atoms with Gasteiger partial charge in [0.1, 0.15) is 5.82 Å². The van der Waals surface area contributed by atoms with Crippen molar-refractivity contribution in [1.82, 2.24) is 14.9 Å². The average Bonchev–Trinajstić information content (AvgIpc) is 2.29. The van der Waals surface area contributed by atoms with Gasteiger partial charge in [0.05, 0.1) is 4.47 Å². The second kappa shape index (κ2) is 6.73. The number of nitrogen functional groups attached to an aromatic ring is 1. The molecule has 1 atom stereocenters. The molecule has 0 spiro atoms. The van der Waals surface area contributed by atoms with Crippen molar-refractivity contribution in [3.8, 4) is 0 Å². The third-order valence-electron chi connectivity index (χ3n) is 2.27. The summed E-state index contributed by atoms with van der Waals surface area (Å²) < 4.78 is 0.827. The molecule has 0 radical (unpaired) electrons. The van der Waals surface area contributed by atoms with Crippen molar-refractivity contribution in [2.45, 2.75) is 19.4 Å². The van der Waals surface area contributed by atoms with Crippen molar-refractivity contribution in [3.63, 3.8) is 0 Å². The first-order chi connectivity index (χ1) is 8.02. The SMILES string of the molecule is CC(CCN(C)C)Nc1nc(NN)ncc1Br. The summed E-state index contributed by atoms with van der Waals surface area (Å²) in [6.07, 6.45) is 2.71. The highest BCUT2D eigenvalue weighted by Crippen LogP contribution is 2.20. The molecule has 0 aromatic carbocycles. The zero-order valence-electron chi connectivity index (χ0n) is 10.4. The quantitative estimate of drug-likeness (QED) is 0.543. The van der Waals surface area contributed by atoms with Crippen LogP contribution in [-0.4, -0.2) is 41.5 Å². The minimum absolute atomic E-state index is 0.328. The number of nitrogens with two attached hydrogens (primary N) is 1. The van der Waals surface area contributed by atoms with Gasteiger partial charge in [0.15, 0.2) is 0 Å². The van der Waals surface area contributed by atoms with Gasteiger partial charge in [-0.15, -0.1) is 0 Å². The molecule has 0 aliphatic rings. The van der Waals surface area contributed by atoms with Crippen LogP contribution in [-0.2, 0) is 0 Å². The lowest BCUT2D eigenvalue weighted by molar-refractivity contribution is 0.390. The van der Waals surface area contributed by atoms with Gasteiger partial charge in [-0.25, -0.2) is 10.8 Å². The number of aromatic nitrogens is 2. The molecule has 1 rings (SSSR count). The number of nitrogens with zero attached hydrogens (tertiary/aromatic N) is 3. The third kappa shape index (κ3) is 4.84. The van der Waals surface area contributed by atoms with E-state index in [1.165, 1.54) is 0 Å². The minimum Gasteiger partial charge on any atom is -0.366 e. The van der Waals surface area contributed by atoms with Gasteiger partial charge in [-0.1, -0.05) is 0 Å². The highest BCUT2D eigenvalue weighted by Gasteiger charge is 2.08. The van der Waals surface area contributed by atoms with E-state index in [1.54, 1.807) is 6.20 Å². The summed E-state index contributed by atoms with van der Waals surface area (Å²) in [6, 6.07) is 0.328. The maximum Gasteiger partial charge on any atom is 0.239 e. The lowest BCUT2D eigenvalue weighted by Gasteiger charge is -2.18. The first-order valence-electron chi connectivity index (χ1n) is 5.43. The van der Waals surface area contributed by atoms with E-state index in [0.29, 0.717) is 12.0 Å². The van der Waals surface area contributed by atoms with Gasteiger partial charge in [0.25, 0.3) is 0 Å². The summed E-state index contributed by atoms with van der Waals surface area (Å²) in [4.78, 5) is 10.4. The number of anilines is 2. The smallest absolute Gasteiger partial charge is 0.239 e. The minimum atomic E-state index is 0.328. The van der Waals surface area contributed by atoms with Crippen LogP contribution < -0.4 is 16.6 Å². The number of halogens is 1. The largest absolute Gasteiger partial charge is 0.366 e. The van der Waals surface area contributed by atoms with Crippen LogP contribution in [0.25, 0.3) is 0 Å². The molecule has 0 bridgehead atoms. The lowest BCUT2D eigenvalue weighted by Crippen LogP contribution is -2.24. The van der Waals surface area contributed by atoms with Crippen LogP contribution in [0, 0.1) is 0 Å². The predicted molar refractivity (Wildman–Crippen MR) is 73.8 cm³/mol. The van der Waals surface area contributed by atoms with Crippen LogP contribution in [0.1, 0.15) is 13.3 Å². The summed E-state index contributed by atoms with van der Waals surface area (Å²) >= 11 is 3.40. The van der Waals surface area contributed by atoms with Crippen molar-refractivity contribution in [1.29, 1.82) is 0 Å². The number of hydrogen-bond donors (Lipinski definition) is 3. The number of hydrogen-bond acceptors (Lipinski definition) is 6. The molecule has 0 aliphatic heterocycles. The molecule has 6 nitrogen and oxygen atoms in total. The van der Waals surface area contributed by atoms with E-state index in [4.69, 9.17) is 5.84 Å². The molecule has 7 heteroatoms. The molecule has 96 valence electrons. The number of rotatable bonds is 6. The predicted octanol–water partition coefficient (Wildman–Crippen LogP) is 1.28. The van der Waals surface area contributed by atoms with E-state index in [2.05, 4.69) is 62.6 Å². The molecule has 1 aromatic heterocycles. The lowest BCUT2D eigenvalue weighted by atomic mass is 10.2. The van der Waals surface area contributed by atoms with Gasteiger partial charge in [0, 0.05) is 12.2 Å². The fourth-order valence-corrected chi connectivity index (χ4v) is 1.60. The molecule has 4 N–H and O–H groups in total. The molecule has 0 saturated heterocycles. The van der Waals surface area contributed by atoms with Gasteiger partial charge in [0.2, 0.25) is 5.95 Å². The second-order valence-corrected chi connectivity index (χ2v) is 5.03. The Morgan fingerprint density at radius 3 is 2.82 bits per heavy atom. The normalized spacial score (nSPS) is 12.6. The first-order valence-corrected chi connectivity index (χ1v) is 6.22. The Hall–Kier alpha value is -0.920. The van der Waals surface area contributed by atoms with Crippen molar-refractivity contribution in [2.24, 2.45) is 5.84 Å². The highest BCUT2D eigenvalue weighted by molar-refractivity contribution is 9.10. The Morgan fingerprint density at radius 2 is 2.24 bits per heavy atom. The van der Waals surface area contributed by atoms with E-state index in [9.17, 15) is 0 Å². The molecule has 0 amide bonds. The van der Waals surface area contributed by atoms with Crippen molar-refractivity contribution < 1.29 is 0 Å². The fraction of sp³-hybridized carbons (Fsp3) is 0.600. The third-order valence-corrected chi connectivity index (χ3v) is 2.85. The van der Waals surface area contributed by atoms with E-state index in [0.717, 1.165) is 23.3 Å².